The van der Waals surface area contributed by atoms with Crippen molar-refractivity contribution in [1.82, 2.24) is 0 Å². The maximum absolute atomic E-state index is 11.3. The van der Waals surface area contributed by atoms with E-state index in [-0.39, 0.29) is 11.3 Å². The maximum atomic E-state index is 11.3. The number of nitro benzene ring substituents is 1. The number of hydrogen-bond donors (Lipinski definition) is 0. The number of nitro groups is 1. The number of halogens is 1. The molecular weight excluding hydrogens is 222 g/mol. The Morgan fingerprint density at radius 2 is 2.13 bits per heavy atom. The van der Waals surface area contributed by atoms with Crippen molar-refractivity contribution in [3.63, 3.8) is 0 Å². The summed E-state index contributed by atoms with van der Waals surface area (Å²) in [4.78, 5) is 21.3. The highest BCUT2D eigenvalue weighted by atomic mass is 35.5. The van der Waals surface area contributed by atoms with Gasteiger partial charge in [0.05, 0.1) is 12.0 Å². The number of hydrogen-bond acceptors (Lipinski definition) is 4. The van der Waals surface area contributed by atoms with Crippen LogP contribution in [0.5, 0.6) is 0 Å². The second-order valence-corrected chi connectivity index (χ2v) is 3.22. The van der Waals surface area contributed by atoms with Gasteiger partial charge in [-0.25, -0.2) is 4.79 Å². The highest BCUT2D eigenvalue weighted by molar-refractivity contribution is 6.32. The Hall–Kier alpha value is -1.62. The Morgan fingerprint density at radius 3 is 2.60 bits per heavy atom. The quantitative estimate of drug-likeness (QED) is 0.443. The molecule has 0 aliphatic carbocycles. The third kappa shape index (κ3) is 2.07. The predicted molar refractivity (Wildman–Crippen MR) is 54.2 cm³/mol. The fourth-order valence-corrected chi connectivity index (χ4v) is 1.34. The molecule has 80 valence electrons. The van der Waals surface area contributed by atoms with Crippen LogP contribution in [0, 0.1) is 17.0 Å². The molecule has 0 radical (unpaired) electrons. The first-order valence-electron chi connectivity index (χ1n) is 4.00. The molecule has 0 unspecified atom stereocenters. The van der Waals surface area contributed by atoms with Gasteiger partial charge in [0.15, 0.2) is 0 Å². The topological polar surface area (TPSA) is 69.4 Å². The third-order valence-electron chi connectivity index (χ3n) is 1.96. The summed E-state index contributed by atoms with van der Waals surface area (Å²) in [5.74, 6) is -0.762. The van der Waals surface area contributed by atoms with Crippen molar-refractivity contribution in [1.29, 1.82) is 0 Å². The van der Waals surface area contributed by atoms with Gasteiger partial charge in [-0.2, -0.15) is 0 Å². The van der Waals surface area contributed by atoms with E-state index in [0.717, 1.165) is 7.11 Å². The molecule has 0 fully saturated rings. The van der Waals surface area contributed by atoms with Gasteiger partial charge in [0, 0.05) is 11.1 Å². The monoisotopic (exact) mass is 229 g/mol. The van der Waals surface area contributed by atoms with E-state index in [4.69, 9.17) is 11.6 Å². The van der Waals surface area contributed by atoms with Crippen molar-refractivity contribution in [3.05, 3.63) is 38.4 Å². The van der Waals surface area contributed by atoms with Crippen LogP contribution in [0.1, 0.15) is 15.9 Å². The van der Waals surface area contributed by atoms with E-state index >= 15 is 0 Å². The second-order valence-electron chi connectivity index (χ2n) is 2.82. The molecule has 0 aromatic heterocycles. The lowest BCUT2D eigenvalue weighted by atomic mass is 10.1. The smallest absolute Gasteiger partial charge is 0.345 e. The molecule has 0 aliphatic heterocycles. The van der Waals surface area contributed by atoms with Crippen molar-refractivity contribution in [2.45, 2.75) is 6.92 Å². The SMILES string of the molecule is COC(=O)c1c([N+](=O)[O-])ccc(Cl)c1C. The molecule has 6 heteroatoms. The lowest BCUT2D eigenvalue weighted by Gasteiger charge is -2.05. The van der Waals surface area contributed by atoms with Crippen molar-refractivity contribution < 1.29 is 14.5 Å². The van der Waals surface area contributed by atoms with E-state index < -0.39 is 10.9 Å². The maximum Gasteiger partial charge on any atom is 0.345 e. The summed E-state index contributed by atoms with van der Waals surface area (Å²) in [6, 6.07) is 2.56. The summed E-state index contributed by atoms with van der Waals surface area (Å²) in [5.41, 5.74) is -0.0588. The van der Waals surface area contributed by atoms with Gasteiger partial charge >= 0.3 is 5.97 Å². The molecule has 1 aromatic carbocycles. The average Bonchev–Trinajstić information content (AvgIpc) is 2.20. The molecule has 0 N–H and O–H groups in total. The van der Waals surface area contributed by atoms with Crippen LogP contribution < -0.4 is 0 Å². The Bertz CT molecular complexity index is 430. The Kier molecular flexibility index (Phi) is 3.26. The molecule has 0 aliphatic rings. The van der Waals surface area contributed by atoms with Crippen LogP contribution in [0.15, 0.2) is 12.1 Å². The summed E-state index contributed by atoms with van der Waals surface area (Å²) in [7, 11) is 1.16. The number of carbonyl (C=O) groups excluding carboxylic acids is 1. The lowest BCUT2D eigenvalue weighted by molar-refractivity contribution is -0.385. The predicted octanol–water partition coefficient (Wildman–Crippen LogP) is 2.34. The van der Waals surface area contributed by atoms with Gasteiger partial charge in [-0.15, -0.1) is 0 Å². The van der Waals surface area contributed by atoms with E-state index in [9.17, 15) is 14.9 Å². The van der Waals surface area contributed by atoms with Gasteiger partial charge < -0.3 is 4.74 Å². The van der Waals surface area contributed by atoms with Gasteiger partial charge in [-0.05, 0) is 18.6 Å². The van der Waals surface area contributed by atoms with Crippen LogP contribution in [-0.2, 0) is 4.74 Å². The van der Waals surface area contributed by atoms with Gasteiger partial charge in [0.25, 0.3) is 5.69 Å². The molecule has 5 nitrogen and oxygen atoms in total. The Balaban J connectivity index is 3.48. The lowest BCUT2D eigenvalue weighted by Crippen LogP contribution is -2.08. The van der Waals surface area contributed by atoms with Gasteiger partial charge in [-0.1, -0.05) is 11.6 Å². The van der Waals surface area contributed by atoms with Gasteiger partial charge in [0.1, 0.15) is 5.56 Å². The number of carbonyl (C=O) groups is 1. The average molecular weight is 230 g/mol. The van der Waals surface area contributed by atoms with Crippen LogP contribution in [0.4, 0.5) is 5.69 Å². The number of nitrogens with zero attached hydrogens (tertiary/aromatic N) is 1. The summed E-state index contributed by atoms with van der Waals surface area (Å²) < 4.78 is 4.46. The summed E-state index contributed by atoms with van der Waals surface area (Å²) in [6.07, 6.45) is 0. The van der Waals surface area contributed by atoms with Crippen LogP contribution in [0.3, 0.4) is 0 Å². The van der Waals surface area contributed by atoms with E-state index in [1.54, 1.807) is 0 Å². The molecule has 0 atom stereocenters. The zero-order valence-electron chi connectivity index (χ0n) is 8.11. The minimum atomic E-state index is -0.762. The number of rotatable bonds is 2. The zero-order valence-corrected chi connectivity index (χ0v) is 8.87. The molecule has 0 saturated carbocycles. The van der Waals surface area contributed by atoms with Crippen molar-refractivity contribution >= 4 is 23.3 Å². The van der Waals surface area contributed by atoms with E-state index in [0.29, 0.717) is 10.6 Å². The Morgan fingerprint density at radius 1 is 1.53 bits per heavy atom. The molecule has 0 heterocycles. The second kappa shape index (κ2) is 4.27. The molecule has 0 bridgehead atoms. The van der Waals surface area contributed by atoms with Crippen LogP contribution in [0.25, 0.3) is 0 Å². The third-order valence-corrected chi connectivity index (χ3v) is 2.37. The van der Waals surface area contributed by atoms with Gasteiger partial charge in [-0.3, -0.25) is 10.1 Å². The van der Waals surface area contributed by atoms with Crippen LogP contribution >= 0.6 is 11.6 Å². The Labute approximate surface area is 90.8 Å². The first-order chi connectivity index (χ1) is 6.99. The largest absolute Gasteiger partial charge is 0.465 e. The van der Waals surface area contributed by atoms with Crippen molar-refractivity contribution in [3.8, 4) is 0 Å². The minimum absolute atomic E-state index is 0.102. The molecule has 1 aromatic rings. The minimum Gasteiger partial charge on any atom is -0.465 e. The van der Waals surface area contributed by atoms with E-state index in [1.807, 2.05) is 0 Å². The fourth-order valence-electron chi connectivity index (χ4n) is 1.18. The summed E-state index contributed by atoms with van der Waals surface area (Å²) >= 11 is 5.76. The number of methoxy groups -OCH3 is 1. The fraction of sp³-hybridized carbons (Fsp3) is 0.222. The first-order valence-corrected chi connectivity index (χ1v) is 4.38. The first kappa shape index (κ1) is 11.5. The molecule has 0 amide bonds. The standard InChI is InChI=1S/C9H8ClNO4/c1-5-6(10)3-4-7(11(13)14)8(5)9(12)15-2/h3-4H,1-2H3. The van der Waals surface area contributed by atoms with E-state index in [2.05, 4.69) is 4.74 Å². The van der Waals surface area contributed by atoms with Crippen LogP contribution in [0.2, 0.25) is 5.02 Å². The molecule has 1 rings (SSSR count). The highest BCUT2D eigenvalue weighted by Crippen LogP contribution is 2.28. The zero-order chi connectivity index (χ0) is 11.6. The van der Waals surface area contributed by atoms with Crippen molar-refractivity contribution in [2.24, 2.45) is 0 Å². The summed E-state index contributed by atoms with van der Waals surface area (Å²) in [6.45, 7) is 1.53. The molecule has 0 spiro atoms. The number of esters is 1. The highest BCUT2D eigenvalue weighted by Gasteiger charge is 2.24. The van der Waals surface area contributed by atoms with E-state index in [1.165, 1.54) is 19.1 Å². The van der Waals surface area contributed by atoms with Crippen LogP contribution in [-0.4, -0.2) is 18.0 Å². The van der Waals surface area contributed by atoms with Gasteiger partial charge in [0.2, 0.25) is 0 Å². The summed E-state index contributed by atoms with van der Waals surface area (Å²) in [5, 5.41) is 11.0. The number of benzene rings is 1. The number of ether oxygens (including phenoxy) is 1. The normalized spacial score (nSPS) is 9.80. The molecule has 0 saturated heterocycles. The molecular formula is C9H8ClNO4. The molecule has 15 heavy (non-hydrogen) atoms. The van der Waals surface area contributed by atoms with Crippen molar-refractivity contribution in [2.75, 3.05) is 7.11 Å².